The number of fused-ring (bicyclic) bond motifs is 2. The fourth-order valence-corrected chi connectivity index (χ4v) is 6.71. The quantitative estimate of drug-likeness (QED) is 0.336. The van der Waals surface area contributed by atoms with Crippen LogP contribution >= 0.6 is 0 Å². The molecule has 2 aromatic heterocycles. The summed E-state index contributed by atoms with van der Waals surface area (Å²) in [6, 6.07) is 20.9. The molecule has 0 radical (unpaired) electrons. The van der Waals surface area contributed by atoms with Gasteiger partial charge in [-0.2, -0.15) is 5.10 Å². The van der Waals surface area contributed by atoms with Crippen LogP contribution in [-0.4, -0.2) is 23.7 Å². The number of aryl methyl sites for hydroxylation is 1. The van der Waals surface area contributed by atoms with Crippen LogP contribution in [0.15, 0.2) is 60.7 Å². The minimum Gasteiger partial charge on any atom is -0.457 e. The molecular weight excluding hydrogens is 400 g/mol. The van der Waals surface area contributed by atoms with Crippen LogP contribution in [0.2, 0.25) is 19.6 Å². The zero-order valence-corrected chi connectivity index (χ0v) is 19.4. The predicted octanol–water partition coefficient (Wildman–Crippen LogP) is 5.12. The van der Waals surface area contributed by atoms with Crippen molar-refractivity contribution in [1.82, 2.24) is 9.61 Å². The number of ether oxygens (including phenoxy) is 1. The number of esters is 1. The van der Waals surface area contributed by atoms with Crippen LogP contribution in [0.4, 0.5) is 0 Å². The molecule has 4 aromatic rings. The van der Waals surface area contributed by atoms with Gasteiger partial charge in [0.25, 0.3) is 0 Å². The highest BCUT2D eigenvalue weighted by molar-refractivity contribution is 6.88. The summed E-state index contributed by atoms with van der Waals surface area (Å²) >= 11 is 0. The lowest BCUT2D eigenvalue weighted by molar-refractivity contribution is 0.0535. The van der Waals surface area contributed by atoms with Crippen molar-refractivity contribution in [2.75, 3.05) is 0 Å². The van der Waals surface area contributed by atoms with Crippen molar-refractivity contribution in [2.24, 2.45) is 0 Å². The van der Waals surface area contributed by atoms with E-state index in [1.807, 2.05) is 18.2 Å². The molecule has 0 N–H and O–H groups in total. The Morgan fingerprint density at radius 3 is 2.55 bits per heavy atom. The fraction of sp³-hybridized carbons (Fsp3) is 0.231. The van der Waals surface area contributed by atoms with Crippen LogP contribution in [0.25, 0.3) is 16.8 Å². The third-order valence-electron chi connectivity index (χ3n) is 5.99. The standard InChI is InChI=1S/C26H26N2O2Si/c1-17-10-13-23-22(15-18-11-12-20-16-30-26(29)21(20)14-18)24(19-8-6-5-7-9-19)27-28(23)25(17)31(2,3)4/h5-14H,15-16H2,1-4H3. The Bertz CT molecular complexity index is 1320. The first-order valence-electron chi connectivity index (χ1n) is 10.7. The van der Waals surface area contributed by atoms with Gasteiger partial charge in [0, 0.05) is 28.4 Å². The Kier molecular flexibility index (Phi) is 4.59. The lowest BCUT2D eigenvalue weighted by Gasteiger charge is -2.20. The summed E-state index contributed by atoms with van der Waals surface area (Å²) in [5, 5.41) is 6.51. The van der Waals surface area contributed by atoms with Crippen molar-refractivity contribution in [1.29, 1.82) is 0 Å². The Morgan fingerprint density at radius 1 is 1.03 bits per heavy atom. The number of nitrogens with zero attached hydrogens (tertiary/aromatic N) is 2. The molecule has 156 valence electrons. The van der Waals surface area contributed by atoms with Gasteiger partial charge in [-0.15, -0.1) is 0 Å². The first-order chi connectivity index (χ1) is 14.8. The summed E-state index contributed by atoms with van der Waals surface area (Å²) in [5.74, 6) is -0.225. The lowest BCUT2D eigenvalue weighted by Crippen LogP contribution is -2.44. The van der Waals surface area contributed by atoms with E-state index in [4.69, 9.17) is 9.84 Å². The molecule has 0 atom stereocenters. The van der Waals surface area contributed by atoms with Crippen LogP contribution in [0, 0.1) is 6.92 Å². The molecular formula is C26H26N2O2Si. The first-order valence-corrected chi connectivity index (χ1v) is 14.2. The van der Waals surface area contributed by atoms with Crippen molar-refractivity contribution in [3.63, 3.8) is 0 Å². The molecule has 5 rings (SSSR count). The minimum absolute atomic E-state index is 0.225. The number of rotatable bonds is 4. The van der Waals surface area contributed by atoms with E-state index in [1.165, 1.54) is 16.4 Å². The number of cyclic esters (lactones) is 1. The number of hydrogen-bond acceptors (Lipinski definition) is 3. The van der Waals surface area contributed by atoms with E-state index in [9.17, 15) is 4.79 Å². The van der Waals surface area contributed by atoms with Crippen LogP contribution < -0.4 is 5.32 Å². The van der Waals surface area contributed by atoms with E-state index in [1.54, 1.807) is 0 Å². The molecule has 0 aliphatic carbocycles. The topological polar surface area (TPSA) is 43.6 Å². The Balaban J connectivity index is 1.73. The molecule has 4 nitrogen and oxygen atoms in total. The predicted molar refractivity (Wildman–Crippen MR) is 127 cm³/mol. The van der Waals surface area contributed by atoms with Gasteiger partial charge in [-0.1, -0.05) is 68.2 Å². The zero-order chi connectivity index (χ0) is 21.8. The zero-order valence-electron chi connectivity index (χ0n) is 18.4. The van der Waals surface area contributed by atoms with Crippen LogP contribution in [0.3, 0.4) is 0 Å². The van der Waals surface area contributed by atoms with E-state index >= 15 is 0 Å². The maximum Gasteiger partial charge on any atom is 0.338 e. The molecule has 0 bridgehead atoms. The minimum atomic E-state index is -1.63. The smallest absolute Gasteiger partial charge is 0.338 e. The average Bonchev–Trinajstić information content (AvgIpc) is 3.28. The van der Waals surface area contributed by atoms with Crippen molar-refractivity contribution in [3.8, 4) is 11.3 Å². The summed E-state index contributed by atoms with van der Waals surface area (Å²) in [6.07, 6.45) is 0.711. The van der Waals surface area contributed by atoms with Gasteiger partial charge in [-0.05, 0) is 30.2 Å². The number of benzene rings is 2. The van der Waals surface area contributed by atoms with Crippen LogP contribution in [0.1, 0.15) is 32.6 Å². The highest BCUT2D eigenvalue weighted by Crippen LogP contribution is 2.30. The Hall–Kier alpha value is -3.18. The summed E-state index contributed by atoms with van der Waals surface area (Å²) < 4.78 is 7.37. The van der Waals surface area contributed by atoms with E-state index in [2.05, 4.69) is 73.5 Å². The molecule has 2 aromatic carbocycles. The highest BCUT2D eigenvalue weighted by atomic mass is 28.3. The summed E-state index contributed by atoms with van der Waals surface area (Å²) in [4.78, 5) is 12.1. The Morgan fingerprint density at radius 2 is 1.81 bits per heavy atom. The molecule has 1 aliphatic rings. The molecule has 0 saturated heterocycles. The highest BCUT2D eigenvalue weighted by Gasteiger charge is 2.26. The maximum atomic E-state index is 12.1. The van der Waals surface area contributed by atoms with Gasteiger partial charge in [-0.3, -0.25) is 0 Å². The summed E-state index contributed by atoms with van der Waals surface area (Å²) in [6.45, 7) is 9.65. The van der Waals surface area contributed by atoms with E-state index in [-0.39, 0.29) is 5.97 Å². The monoisotopic (exact) mass is 426 g/mol. The van der Waals surface area contributed by atoms with E-state index in [0.717, 1.165) is 27.9 Å². The van der Waals surface area contributed by atoms with Gasteiger partial charge in [0.05, 0.1) is 16.8 Å². The summed E-state index contributed by atoms with van der Waals surface area (Å²) in [7, 11) is -1.63. The molecule has 0 amide bonds. The van der Waals surface area contributed by atoms with Crippen LogP contribution in [0.5, 0.6) is 0 Å². The number of pyridine rings is 1. The Labute approximate surface area is 183 Å². The van der Waals surface area contributed by atoms with E-state index < -0.39 is 8.07 Å². The van der Waals surface area contributed by atoms with Crippen molar-refractivity contribution in [2.45, 2.75) is 39.6 Å². The maximum absolute atomic E-state index is 12.1. The average molecular weight is 427 g/mol. The second-order valence-corrected chi connectivity index (χ2v) is 14.3. The summed E-state index contributed by atoms with van der Waals surface area (Å²) in [5.41, 5.74) is 8.50. The van der Waals surface area contributed by atoms with E-state index in [0.29, 0.717) is 18.6 Å². The molecule has 31 heavy (non-hydrogen) atoms. The van der Waals surface area contributed by atoms with Gasteiger partial charge < -0.3 is 4.74 Å². The molecule has 0 unspecified atom stereocenters. The van der Waals surface area contributed by atoms with Gasteiger partial charge in [0.1, 0.15) is 14.7 Å². The van der Waals surface area contributed by atoms with Gasteiger partial charge in [0.15, 0.2) is 0 Å². The molecule has 0 saturated carbocycles. The van der Waals surface area contributed by atoms with Gasteiger partial charge in [0.2, 0.25) is 0 Å². The van der Waals surface area contributed by atoms with Gasteiger partial charge in [-0.25, -0.2) is 9.31 Å². The van der Waals surface area contributed by atoms with Crippen molar-refractivity contribution in [3.05, 3.63) is 88.5 Å². The molecule has 5 heteroatoms. The van der Waals surface area contributed by atoms with Crippen LogP contribution in [-0.2, 0) is 17.8 Å². The number of aromatic nitrogens is 2. The molecule has 3 heterocycles. The molecule has 1 aliphatic heterocycles. The number of carbonyl (C=O) groups is 1. The normalized spacial score (nSPS) is 13.5. The molecule has 0 spiro atoms. The largest absolute Gasteiger partial charge is 0.457 e. The third-order valence-corrected chi connectivity index (χ3v) is 8.02. The molecule has 0 fully saturated rings. The SMILES string of the molecule is Cc1ccc2c(Cc3ccc4c(c3)C(=O)OC4)c(-c3ccccc3)nn2c1[Si](C)(C)C. The third kappa shape index (κ3) is 3.39. The van der Waals surface area contributed by atoms with Gasteiger partial charge >= 0.3 is 5.97 Å². The second kappa shape index (κ2) is 7.20. The first kappa shape index (κ1) is 19.8. The number of hydrogen-bond donors (Lipinski definition) is 0. The lowest BCUT2D eigenvalue weighted by atomic mass is 9.97. The number of carbonyl (C=O) groups excluding carboxylic acids is 1. The second-order valence-electron chi connectivity index (χ2n) is 9.35. The van der Waals surface area contributed by atoms with Crippen molar-refractivity contribution < 1.29 is 9.53 Å². The fourth-order valence-electron chi connectivity index (χ4n) is 4.64. The van der Waals surface area contributed by atoms with Crippen molar-refractivity contribution >= 4 is 24.9 Å².